The van der Waals surface area contributed by atoms with Crippen LogP contribution in [0.15, 0.2) is 89.8 Å². The second-order valence-corrected chi connectivity index (χ2v) is 7.10. The minimum Gasteiger partial charge on any atom is -0.351 e. The van der Waals surface area contributed by atoms with Crippen LogP contribution in [0.25, 0.3) is 0 Å². The molecule has 1 atom stereocenters. The number of rotatable bonds is 6. The van der Waals surface area contributed by atoms with E-state index in [1.807, 2.05) is 60.7 Å². The molecular weight excluding hydrogens is 326 g/mol. The molecule has 0 spiro atoms. The molecule has 0 aromatic heterocycles. The fourth-order valence-electron chi connectivity index (χ4n) is 2.52. The molecule has 3 aromatic carbocycles. The van der Waals surface area contributed by atoms with Crippen molar-refractivity contribution in [1.29, 1.82) is 0 Å². The molecule has 0 aliphatic rings. The van der Waals surface area contributed by atoms with Crippen LogP contribution < -0.4 is 5.32 Å². The number of benzene rings is 3. The van der Waals surface area contributed by atoms with Crippen molar-refractivity contribution in [2.45, 2.75) is 23.6 Å². The Morgan fingerprint density at radius 1 is 0.880 bits per heavy atom. The van der Waals surface area contributed by atoms with Crippen LogP contribution in [-0.2, 0) is 11.3 Å². The van der Waals surface area contributed by atoms with E-state index < -0.39 is 0 Å². The molecule has 1 N–H and O–H groups in total. The van der Waals surface area contributed by atoms with Crippen molar-refractivity contribution in [1.82, 2.24) is 5.32 Å². The summed E-state index contributed by atoms with van der Waals surface area (Å²) in [5.74, 6) is 0.0284. The van der Waals surface area contributed by atoms with Gasteiger partial charge in [0, 0.05) is 11.4 Å². The first-order valence-corrected chi connectivity index (χ1v) is 9.20. The van der Waals surface area contributed by atoms with E-state index in [-0.39, 0.29) is 11.2 Å². The van der Waals surface area contributed by atoms with Gasteiger partial charge in [-0.1, -0.05) is 78.4 Å². The average molecular weight is 347 g/mol. The number of thioether (sulfide) groups is 1. The highest BCUT2D eigenvalue weighted by atomic mass is 32.2. The molecule has 3 aromatic rings. The Kier molecular flexibility index (Phi) is 5.91. The van der Waals surface area contributed by atoms with Crippen molar-refractivity contribution >= 4 is 17.7 Å². The smallest absolute Gasteiger partial charge is 0.238 e. The van der Waals surface area contributed by atoms with E-state index in [1.165, 1.54) is 5.56 Å². The van der Waals surface area contributed by atoms with Gasteiger partial charge in [-0.2, -0.15) is 0 Å². The predicted octanol–water partition coefficient (Wildman–Crippen LogP) is 5.14. The van der Waals surface area contributed by atoms with Gasteiger partial charge in [0.05, 0.1) is 0 Å². The van der Waals surface area contributed by atoms with Crippen molar-refractivity contribution < 1.29 is 4.79 Å². The van der Waals surface area contributed by atoms with Crippen LogP contribution in [0.1, 0.15) is 21.9 Å². The molecular formula is C22H21NOS. The maximum absolute atomic E-state index is 12.9. The molecule has 0 fully saturated rings. The minimum atomic E-state index is -0.269. The molecule has 0 saturated carbocycles. The third kappa shape index (κ3) is 4.97. The summed E-state index contributed by atoms with van der Waals surface area (Å²) in [5.41, 5.74) is 3.34. The predicted molar refractivity (Wildman–Crippen MR) is 105 cm³/mol. The third-order valence-electron chi connectivity index (χ3n) is 3.92. The lowest BCUT2D eigenvalue weighted by Crippen LogP contribution is -2.27. The summed E-state index contributed by atoms with van der Waals surface area (Å²) in [4.78, 5) is 13.9. The van der Waals surface area contributed by atoms with E-state index in [9.17, 15) is 4.79 Å². The van der Waals surface area contributed by atoms with Crippen molar-refractivity contribution in [2.24, 2.45) is 0 Å². The summed E-state index contributed by atoms with van der Waals surface area (Å²) in [5, 5.41) is 2.81. The zero-order valence-electron chi connectivity index (χ0n) is 14.2. The Hall–Kier alpha value is -2.52. The van der Waals surface area contributed by atoms with Crippen LogP contribution in [0.5, 0.6) is 0 Å². The lowest BCUT2D eigenvalue weighted by atomic mass is 10.1. The van der Waals surface area contributed by atoms with Crippen LogP contribution in [0, 0.1) is 6.92 Å². The fourth-order valence-corrected chi connectivity index (χ4v) is 3.59. The Balaban J connectivity index is 1.74. The number of hydrogen-bond donors (Lipinski definition) is 1. The van der Waals surface area contributed by atoms with E-state index in [0.29, 0.717) is 6.54 Å². The van der Waals surface area contributed by atoms with Gasteiger partial charge in [0.25, 0.3) is 0 Å². The Bertz CT molecular complexity index is 800. The SMILES string of the molecule is Cc1ccc(CNC(=O)[C@@H](Sc2ccccc2)c2ccccc2)cc1. The van der Waals surface area contributed by atoms with E-state index >= 15 is 0 Å². The molecule has 3 rings (SSSR count). The van der Waals surface area contributed by atoms with Crippen molar-refractivity contribution in [3.63, 3.8) is 0 Å². The molecule has 0 aliphatic heterocycles. The quantitative estimate of drug-likeness (QED) is 0.625. The zero-order valence-corrected chi connectivity index (χ0v) is 15.0. The van der Waals surface area contributed by atoms with Gasteiger partial charge in [0.15, 0.2) is 0 Å². The first-order chi connectivity index (χ1) is 12.2. The molecule has 0 aliphatic carbocycles. The fraction of sp³-hybridized carbons (Fsp3) is 0.136. The molecule has 0 unspecified atom stereocenters. The van der Waals surface area contributed by atoms with Gasteiger partial charge in [-0.05, 0) is 30.2 Å². The van der Waals surface area contributed by atoms with E-state index in [4.69, 9.17) is 0 Å². The number of carbonyl (C=O) groups excluding carboxylic acids is 1. The summed E-state index contributed by atoms with van der Waals surface area (Å²) in [6.07, 6.45) is 0. The summed E-state index contributed by atoms with van der Waals surface area (Å²) >= 11 is 1.58. The molecule has 1 amide bonds. The summed E-state index contributed by atoms with van der Waals surface area (Å²) in [6.45, 7) is 2.60. The number of nitrogens with one attached hydrogen (secondary N) is 1. The van der Waals surface area contributed by atoms with E-state index in [1.54, 1.807) is 11.8 Å². The van der Waals surface area contributed by atoms with Gasteiger partial charge >= 0.3 is 0 Å². The van der Waals surface area contributed by atoms with Crippen molar-refractivity contribution in [3.8, 4) is 0 Å². The van der Waals surface area contributed by atoms with Crippen molar-refractivity contribution in [2.75, 3.05) is 0 Å². The highest BCUT2D eigenvalue weighted by Crippen LogP contribution is 2.35. The number of hydrogen-bond acceptors (Lipinski definition) is 2. The largest absolute Gasteiger partial charge is 0.351 e. The second kappa shape index (κ2) is 8.54. The summed E-state index contributed by atoms with van der Waals surface area (Å²) < 4.78 is 0. The van der Waals surface area contributed by atoms with E-state index in [2.05, 4.69) is 36.5 Å². The van der Waals surface area contributed by atoms with Gasteiger partial charge in [-0.15, -0.1) is 11.8 Å². The van der Waals surface area contributed by atoms with Gasteiger partial charge in [-0.3, -0.25) is 4.79 Å². The molecule has 0 heterocycles. The van der Waals surface area contributed by atoms with Crippen molar-refractivity contribution in [3.05, 3.63) is 102 Å². The summed E-state index contributed by atoms with van der Waals surface area (Å²) in [6, 6.07) is 28.2. The van der Waals surface area contributed by atoms with Gasteiger partial charge in [0.2, 0.25) is 5.91 Å². The monoisotopic (exact) mass is 347 g/mol. The highest BCUT2D eigenvalue weighted by molar-refractivity contribution is 8.00. The molecule has 25 heavy (non-hydrogen) atoms. The van der Waals surface area contributed by atoms with Crippen LogP contribution >= 0.6 is 11.8 Å². The number of carbonyl (C=O) groups is 1. The molecule has 3 heteroatoms. The first kappa shape index (κ1) is 17.3. The molecule has 0 radical (unpaired) electrons. The number of amides is 1. The highest BCUT2D eigenvalue weighted by Gasteiger charge is 2.21. The molecule has 0 bridgehead atoms. The minimum absolute atomic E-state index is 0.0284. The van der Waals surface area contributed by atoms with Crippen LogP contribution in [0.4, 0.5) is 0 Å². The standard InChI is InChI=1S/C22H21NOS/c1-17-12-14-18(15-13-17)16-23-22(24)21(19-8-4-2-5-9-19)25-20-10-6-3-7-11-20/h2-15,21H,16H2,1H3,(H,23,24)/t21-/m0/s1. The van der Waals surface area contributed by atoms with Crippen LogP contribution in [0.2, 0.25) is 0 Å². The first-order valence-electron chi connectivity index (χ1n) is 8.32. The second-order valence-electron chi connectivity index (χ2n) is 5.93. The Labute approximate surface area is 153 Å². The maximum Gasteiger partial charge on any atom is 0.238 e. The van der Waals surface area contributed by atoms with Crippen LogP contribution in [-0.4, -0.2) is 5.91 Å². The average Bonchev–Trinajstić information content (AvgIpc) is 2.67. The zero-order chi connectivity index (χ0) is 17.5. The molecule has 0 saturated heterocycles. The Morgan fingerprint density at radius 3 is 2.12 bits per heavy atom. The van der Waals surface area contributed by atoms with E-state index in [0.717, 1.165) is 16.0 Å². The summed E-state index contributed by atoms with van der Waals surface area (Å²) in [7, 11) is 0. The van der Waals surface area contributed by atoms with Gasteiger partial charge < -0.3 is 5.32 Å². The van der Waals surface area contributed by atoms with Gasteiger partial charge in [0.1, 0.15) is 5.25 Å². The van der Waals surface area contributed by atoms with Crippen LogP contribution in [0.3, 0.4) is 0 Å². The lowest BCUT2D eigenvalue weighted by Gasteiger charge is -2.17. The molecule has 2 nitrogen and oxygen atoms in total. The lowest BCUT2D eigenvalue weighted by molar-refractivity contribution is -0.120. The maximum atomic E-state index is 12.9. The molecule has 126 valence electrons. The third-order valence-corrected chi connectivity index (χ3v) is 5.19. The normalized spacial score (nSPS) is 11.7. The van der Waals surface area contributed by atoms with Gasteiger partial charge in [-0.25, -0.2) is 0 Å². The number of aryl methyl sites for hydroxylation is 1. The Morgan fingerprint density at radius 2 is 1.48 bits per heavy atom. The topological polar surface area (TPSA) is 29.1 Å².